The van der Waals surface area contributed by atoms with Crippen LogP contribution in [-0.4, -0.2) is 44.6 Å². The quantitative estimate of drug-likeness (QED) is 0.544. The van der Waals surface area contributed by atoms with Crippen molar-refractivity contribution in [3.63, 3.8) is 0 Å². The molecule has 0 saturated carbocycles. The predicted octanol–water partition coefficient (Wildman–Crippen LogP) is 5.30. The van der Waals surface area contributed by atoms with Crippen molar-refractivity contribution in [2.45, 2.75) is 44.7 Å². The van der Waals surface area contributed by atoms with Gasteiger partial charge in [-0.2, -0.15) is 0 Å². The second kappa shape index (κ2) is 11.1. The number of piperidine rings is 1. The molecular weight excluding hydrogens is 471 g/mol. The largest absolute Gasteiger partial charge is 0.456 e. The smallest absolute Gasteiger partial charge is 0.414 e. The van der Waals surface area contributed by atoms with E-state index in [-0.39, 0.29) is 17.1 Å². The fourth-order valence-corrected chi connectivity index (χ4v) is 4.70. The van der Waals surface area contributed by atoms with E-state index in [1.165, 1.54) is 31.5 Å². The van der Waals surface area contributed by atoms with Crippen molar-refractivity contribution in [3.05, 3.63) is 58.5 Å². The van der Waals surface area contributed by atoms with Gasteiger partial charge in [0.1, 0.15) is 17.3 Å². The molecule has 0 aromatic heterocycles. The Hall–Kier alpha value is -3.10. The summed E-state index contributed by atoms with van der Waals surface area (Å²) in [5, 5.41) is 3.29. The number of carbonyl (C=O) groups excluding carboxylic acids is 1. The first-order chi connectivity index (χ1) is 16.9. The van der Waals surface area contributed by atoms with E-state index >= 15 is 0 Å². The number of ether oxygens (including phenoxy) is 2. The number of anilines is 1. The zero-order valence-corrected chi connectivity index (χ0v) is 20.6. The highest BCUT2D eigenvalue weighted by Crippen LogP contribution is 2.43. The summed E-state index contributed by atoms with van der Waals surface area (Å²) in [5.41, 5.74) is 9.00. The molecule has 4 rings (SSSR count). The minimum Gasteiger partial charge on any atom is -0.456 e. The molecule has 0 radical (unpaired) electrons. The molecule has 9 heteroatoms. The number of halogens is 2. The van der Waals surface area contributed by atoms with Crippen LogP contribution in [-0.2, 0) is 11.2 Å². The van der Waals surface area contributed by atoms with Crippen molar-refractivity contribution in [2.75, 3.05) is 25.1 Å². The second-order valence-electron chi connectivity index (χ2n) is 8.73. The summed E-state index contributed by atoms with van der Waals surface area (Å²) >= 11 is 6.01. The standard InChI is InChI=1S/C26H30ClFN4O3/c1-16-3-5-21-24(32(16)26(33)34-2)8-6-20(17(14-29)15-31-18-9-11-30-12-10-18)25(21)35-19-4-7-23(28)22(27)13-19/h4,6-8,13-16,18,30H,3,5,9-12,29H2,1-2H3/t16-/m0/s1. The molecule has 2 aliphatic heterocycles. The fourth-order valence-electron chi connectivity index (χ4n) is 4.53. The number of nitrogens with one attached hydrogen (secondary N) is 1. The third-order valence-electron chi connectivity index (χ3n) is 6.45. The van der Waals surface area contributed by atoms with E-state index < -0.39 is 11.9 Å². The minimum absolute atomic E-state index is 0.0410. The van der Waals surface area contributed by atoms with Gasteiger partial charge in [-0.25, -0.2) is 9.18 Å². The normalized spacial score (nSPS) is 19.0. The van der Waals surface area contributed by atoms with Crippen molar-refractivity contribution in [1.29, 1.82) is 0 Å². The van der Waals surface area contributed by atoms with Crippen LogP contribution in [0.2, 0.25) is 5.02 Å². The van der Waals surface area contributed by atoms with Gasteiger partial charge in [-0.05, 0) is 70.0 Å². The Morgan fingerprint density at radius 2 is 2.03 bits per heavy atom. The molecule has 2 aliphatic rings. The lowest BCUT2D eigenvalue weighted by Crippen LogP contribution is -2.42. The van der Waals surface area contributed by atoms with Gasteiger partial charge in [-0.1, -0.05) is 11.6 Å². The average Bonchev–Trinajstić information content (AvgIpc) is 2.87. The van der Waals surface area contributed by atoms with Crippen molar-refractivity contribution in [2.24, 2.45) is 10.7 Å². The lowest BCUT2D eigenvalue weighted by Gasteiger charge is -2.35. The summed E-state index contributed by atoms with van der Waals surface area (Å²) in [6, 6.07) is 8.12. The highest BCUT2D eigenvalue weighted by atomic mass is 35.5. The Balaban J connectivity index is 1.80. The molecule has 0 bridgehead atoms. The first kappa shape index (κ1) is 25.0. The number of hydrogen-bond donors (Lipinski definition) is 2. The monoisotopic (exact) mass is 500 g/mol. The van der Waals surface area contributed by atoms with Gasteiger partial charge in [0, 0.05) is 41.2 Å². The number of nitrogens with two attached hydrogens (primary N) is 1. The first-order valence-electron chi connectivity index (χ1n) is 11.7. The number of allylic oxidation sites excluding steroid dienone is 1. The van der Waals surface area contributed by atoms with Crippen molar-refractivity contribution < 1.29 is 18.7 Å². The predicted molar refractivity (Wildman–Crippen MR) is 137 cm³/mol. The molecule has 0 aliphatic carbocycles. The van der Waals surface area contributed by atoms with Gasteiger partial charge >= 0.3 is 6.09 Å². The molecule has 1 fully saturated rings. The van der Waals surface area contributed by atoms with Crippen molar-refractivity contribution in [3.8, 4) is 11.5 Å². The van der Waals surface area contributed by atoms with Gasteiger partial charge in [0.25, 0.3) is 0 Å². The van der Waals surface area contributed by atoms with Crippen LogP contribution < -0.4 is 20.7 Å². The lowest BCUT2D eigenvalue weighted by atomic mass is 9.92. The highest BCUT2D eigenvalue weighted by Gasteiger charge is 2.32. The zero-order valence-electron chi connectivity index (χ0n) is 19.9. The fraction of sp³-hybridized carbons (Fsp3) is 0.385. The van der Waals surface area contributed by atoms with Gasteiger partial charge in [0.2, 0.25) is 0 Å². The molecule has 186 valence electrons. The third kappa shape index (κ3) is 5.44. The summed E-state index contributed by atoms with van der Waals surface area (Å²) < 4.78 is 25.1. The molecular formula is C26H30ClFN4O3. The molecule has 0 unspecified atom stereocenters. The summed E-state index contributed by atoms with van der Waals surface area (Å²) in [6.45, 7) is 3.85. The third-order valence-corrected chi connectivity index (χ3v) is 6.74. The number of amides is 1. The Labute approximate surface area is 209 Å². The van der Waals surface area contributed by atoms with Crippen molar-refractivity contribution >= 4 is 35.2 Å². The molecule has 2 heterocycles. The van der Waals surface area contributed by atoms with E-state index in [9.17, 15) is 9.18 Å². The summed E-state index contributed by atoms with van der Waals surface area (Å²) in [6.07, 6.45) is 6.15. The van der Waals surface area contributed by atoms with E-state index in [1.54, 1.807) is 11.1 Å². The molecule has 1 amide bonds. The van der Waals surface area contributed by atoms with Crippen LogP contribution in [0.5, 0.6) is 11.5 Å². The van der Waals surface area contributed by atoms with Crippen molar-refractivity contribution in [1.82, 2.24) is 5.32 Å². The lowest BCUT2D eigenvalue weighted by molar-refractivity contribution is 0.175. The van der Waals surface area contributed by atoms with Gasteiger partial charge in [0.05, 0.1) is 23.9 Å². The molecule has 2 aromatic carbocycles. The number of benzene rings is 2. The van der Waals surface area contributed by atoms with E-state index in [0.29, 0.717) is 29.2 Å². The van der Waals surface area contributed by atoms with E-state index in [1.807, 2.05) is 19.1 Å². The van der Waals surface area contributed by atoms with Crippen LogP contribution in [0.15, 0.2) is 41.5 Å². The zero-order chi connectivity index (χ0) is 24.9. The van der Waals surface area contributed by atoms with Gasteiger partial charge in [-0.3, -0.25) is 9.89 Å². The number of aliphatic imine (C=N–C) groups is 1. The van der Waals surface area contributed by atoms with Gasteiger partial charge < -0.3 is 20.5 Å². The van der Waals surface area contributed by atoms with Crippen LogP contribution in [0.3, 0.4) is 0 Å². The van der Waals surface area contributed by atoms with Gasteiger partial charge in [0.15, 0.2) is 0 Å². The molecule has 1 atom stereocenters. The maximum atomic E-state index is 13.8. The van der Waals surface area contributed by atoms with E-state index in [4.69, 9.17) is 31.8 Å². The van der Waals surface area contributed by atoms with Crippen LogP contribution in [0, 0.1) is 5.82 Å². The number of fused-ring (bicyclic) bond motifs is 1. The Morgan fingerprint density at radius 3 is 2.71 bits per heavy atom. The van der Waals surface area contributed by atoms with E-state index in [0.717, 1.165) is 43.5 Å². The van der Waals surface area contributed by atoms with Crippen LogP contribution in [0.25, 0.3) is 5.57 Å². The molecule has 1 saturated heterocycles. The SMILES string of the molecule is COC(=O)N1c2ccc(C(C=NC3CCNCC3)=CN)c(Oc3ccc(F)c(Cl)c3)c2CC[C@@H]1C. The number of carbonyl (C=O) groups is 1. The topological polar surface area (TPSA) is 89.2 Å². The minimum atomic E-state index is -0.531. The molecule has 7 nitrogen and oxygen atoms in total. The van der Waals surface area contributed by atoms with Crippen LogP contribution in [0.1, 0.15) is 37.3 Å². The first-order valence-corrected chi connectivity index (χ1v) is 12.1. The Morgan fingerprint density at radius 1 is 1.26 bits per heavy atom. The molecule has 3 N–H and O–H groups in total. The number of hydrogen-bond acceptors (Lipinski definition) is 6. The highest BCUT2D eigenvalue weighted by molar-refractivity contribution is 6.30. The molecule has 2 aromatic rings. The number of rotatable bonds is 5. The summed E-state index contributed by atoms with van der Waals surface area (Å²) in [4.78, 5) is 19.0. The van der Waals surface area contributed by atoms with Gasteiger partial charge in [-0.15, -0.1) is 0 Å². The Bertz CT molecular complexity index is 1150. The number of methoxy groups -OCH3 is 1. The summed E-state index contributed by atoms with van der Waals surface area (Å²) in [5.74, 6) is 0.372. The second-order valence-corrected chi connectivity index (χ2v) is 9.13. The molecule has 0 spiro atoms. The van der Waals surface area contributed by atoms with Crippen LogP contribution >= 0.6 is 11.6 Å². The van der Waals surface area contributed by atoms with Crippen LogP contribution in [0.4, 0.5) is 14.9 Å². The van der Waals surface area contributed by atoms with E-state index in [2.05, 4.69) is 5.32 Å². The maximum Gasteiger partial charge on any atom is 0.414 e. The average molecular weight is 501 g/mol. The maximum absolute atomic E-state index is 13.8. The Kier molecular flexibility index (Phi) is 7.93. The summed E-state index contributed by atoms with van der Waals surface area (Å²) in [7, 11) is 1.36. The number of nitrogens with zero attached hydrogens (tertiary/aromatic N) is 2. The molecule has 35 heavy (non-hydrogen) atoms.